The van der Waals surface area contributed by atoms with Crippen molar-refractivity contribution in [3.05, 3.63) is 54.1 Å². The summed E-state index contributed by atoms with van der Waals surface area (Å²) in [6, 6.07) is 14.0. The Bertz CT molecular complexity index is 864. The molecule has 0 fully saturated rings. The fourth-order valence-corrected chi connectivity index (χ4v) is 2.28. The van der Waals surface area contributed by atoms with Crippen LogP contribution >= 0.6 is 0 Å². The standard InChI is InChI=1S/C22H24N2O4/c1-16(2)28-20-11-9-18(10-12-20)22(26)23-13-4-5-14-27-21-8-6-7-19(15-21)24-17(3)25/h6-12,15-16H,13-14H2,1-3H3,(H,23,26)(H,24,25). The fraction of sp³-hybridized carbons (Fsp3) is 0.273. The highest BCUT2D eigenvalue weighted by molar-refractivity contribution is 5.94. The lowest BCUT2D eigenvalue weighted by atomic mass is 10.2. The van der Waals surface area contributed by atoms with Crippen LogP contribution in [0.2, 0.25) is 0 Å². The number of hydrogen-bond donors (Lipinski definition) is 2. The van der Waals surface area contributed by atoms with E-state index in [-0.39, 0.29) is 31.1 Å². The number of amides is 2. The summed E-state index contributed by atoms with van der Waals surface area (Å²) >= 11 is 0. The molecule has 146 valence electrons. The third-order valence-electron chi connectivity index (χ3n) is 3.42. The van der Waals surface area contributed by atoms with Gasteiger partial charge in [-0.3, -0.25) is 9.59 Å². The topological polar surface area (TPSA) is 76.7 Å². The van der Waals surface area contributed by atoms with E-state index in [1.807, 2.05) is 13.8 Å². The predicted molar refractivity (Wildman–Crippen MR) is 109 cm³/mol. The van der Waals surface area contributed by atoms with E-state index in [0.717, 1.165) is 5.75 Å². The Labute approximate surface area is 165 Å². The summed E-state index contributed by atoms with van der Waals surface area (Å²) < 4.78 is 11.1. The average Bonchev–Trinajstić information content (AvgIpc) is 2.64. The van der Waals surface area contributed by atoms with Crippen molar-refractivity contribution in [1.82, 2.24) is 5.32 Å². The minimum Gasteiger partial charge on any atom is -0.491 e. The molecule has 0 aliphatic heterocycles. The van der Waals surface area contributed by atoms with Gasteiger partial charge in [0.15, 0.2) is 0 Å². The van der Waals surface area contributed by atoms with Crippen molar-refractivity contribution in [2.24, 2.45) is 0 Å². The second kappa shape index (κ2) is 10.6. The van der Waals surface area contributed by atoms with E-state index < -0.39 is 0 Å². The van der Waals surface area contributed by atoms with E-state index >= 15 is 0 Å². The Morgan fingerprint density at radius 3 is 2.46 bits per heavy atom. The molecule has 0 saturated carbocycles. The number of carbonyl (C=O) groups is 2. The lowest BCUT2D eigenvalue weighted by molar-refractivity contribution is -0.114. The lowest BCUT2D eigenvalue weighted by Crippen LogP contribution is -2.23. The van der Waals surface area contributed by atoms with E-state index in [0.29, 0.717) is 17.0 Å². The van der Waals surface area contributed by atoms with Gasteiger partial charge in [-0.25, -0.2) is 0 Å². The number of benzene rings is 2. The summed E-state index contributed by atoms with van der Waals surface area (Å²) in [7, 11) is 0. The maximum atomic E-state index is 12.1. The molecule has 2 amide bonds. The molecule has 0 heterocycles. The number of nitrogens with one attached hydrogen (secondary N) is 2. The molecule has 6 heteroatoms. The highest BCUT2D eigenvalue weighted by Gasteiger charge is 2.05. The Morgan fingerprint density at radius 2 is 1.79 bits per heavy atom. The average molecular weight is 380 g/mol. The second-order valence-electron chi connectivity index (χ2n) is 6.22. The summed E-state index contributed by atoms with van der Waals surface area (Å²) in [5.74, 6) is 6.67. The zero-order valence-electron chi connectivity index (χ0n) is 16.2. The molecule has 0 bridgehead atoms. The van der Waals surface area contributed by atoms with Crippen molar-refractivity contribution in [2.45, 2.75) is 26.9 Å². The van der Waals surface area contributed by atoms with Gasteiger partial charge in [-0.2, -0.15) is 0 Å². The van der Waals surface area contributed by atoms with Gasteiger partial charge in [0.1, 0.15) is 18.1 Å². The molecule has 2 aromatic carbocycles. The predicted octanol–water partition coefficient (Wildman–Crippen LogP) is 3.24. The Balaban J connectivity index is 1.74. The smallest absolute Gasteiger partial charge is 0.252 e. The van der Waals surface area contributed by atoms with Gasteiger partial charge in [-0.1, -0.05) is 17.9 Å². The molecule has 0 radical (unpaired) electrons. The Morgan fingerprint density at radius 1 is 1.04 bits per heavy atom. The normalized spacial score (nSPS) is 9.86. The van der Waals surface area contributed by atoms with E-state index in [1.54, 1.807) is 48.5 Å². The minimum absolute atomic E-state index is 0.0880. The minimum atomic E-state index is -0.200. The molecule has 0 atom stereocenters. The van der Waals surface area contributed by atoms with Crippen molar-refractivity contribution in [1.29, 1.82) is 0 Å². The number of ether oxygens (including phenoxy) is 2. The third kappa shape index (κ3) is 7.42. The van der Waals surface area contributed by atoms with Crippen LogP contribution in [0.25, 0.3) is 0 Å². The van der Waals surface area contributed by atoms with E-state index in [4.69, 9.17) is 9.47 Å². The third-order valence-corrected chi connectivity index (χ3v) is 3.42. The van der Waals surface area contributed by atoms with Crippen molar-refractivity contribution in [3.8, 4) is 23.3 Å². The van der Waals surface area contributed by atoms with Gasteiger partial charge in [0, 0.05) is 24.2 Å². The molecule has 0 aliphatic rings. The second-order valence-corrected chi connectivity index (χ2v) is 6.22. The number of anilines is 1. The van der Waals surface area contributed by atoms with Gasteiger partial charge >= 0.3 is 0 Å². The molecule has 2 aromatic rings. The molecule has 2 rings (SSSR count). The Hall–Kier alpha value is -3.46. The van der Waals surface area contributed by atoms with E-state index in [1.165, 1.54) is 6.92 Å². The molecule has 0 spiro atoms. The summed E-state index contributed by atoms with van der Waals surface area (Å²) in [6.07, 6.45) is 0.0880. The Kier molecular flexibility index (Phi) is 7.92. The van der Waals surface area contributed by atoms with Crippen LogP contribution in [-0.2, 0) is 4.79 Å². The van der Waals surface area contributed by atoms with Gasteiger partial charge < -0.3 is 20.1 Å². The van der Waals surface area contributed by atoms with Crippen LogP contribution in [0, 0.1) is 11.8 Å². The summed E-state index contributed by atoms with van der Waals surface area (Å²) in [5.41, 5.74) is 1.21. The molecule has 0 aliphatic carbocycles. The quantitative estimate of drug-likeness (QED) is 0.723. The molecular weight excluding hydrogens is 356 g/mol. The van der Waals surface area contributed by atoms with Crippen molar-refractivity contribution < 1.29 is 19.1 Å². The summed E-state index contributed by atoms with van der Waals surface area (Å²) in [5, 5.41) is 5.42. The zero-order chi connectivity index (χ0) is 20.4. The highest BCUT2D eigenvalue weighted by Crippen LogP contribution is 2.17. The van der Waals surface area contributed by atoms with Gasteiger partial charge in [-0.15, -0.1) is 0 Å². The van der Waals surface area contributed by atoms with Crippen LogP contribution in [0.4, 0.5) is 5.69 Å². The lowest BCUT2D eigenvalue weighted by Gasteiger charge is -2.09. The van der Waals surface area contributed by atoms with Crippen molar-refractivity contribution in [3.63, 3.8) is 0 Å². The summed E-state index contributed by atoms with van der Waals surface area (Å²) in [4.78, 5) is 23.1. The largest absolute Gasteiger partial charge is 0.491 e. The maximum absolute atomic E-state index is 12.1. The molecule has 0 unspecified atom stereocenters. The van der Waals surface area contributed by atoms with Crippen LogP contribution in [0.1, 0.15) is 31.1 Å². The van der Waals surface area contributed by atoms with Crippen LogP contribution in [-0.4, -0.2) is 31.1 Å². The summed E-state index contributed by atoms with van der Waals surface area (Å²) in [6.45, 7) is 5.74. The first-order valence-electron chi connectivity index (χ1n) is 8.95. The van der Waals surface area contributed by atoms with Crippen LogP contribution < -0.4 is 20.1 Å². The van der Waals surface area contributed by atoms with Gasteiger partial charge in [0.05, 0.1) is 12.6 Å². The molecule has 0 saturated heterocycles. The number of carbonyl (C=O) groups excluding carboxylic acids is 2. The molecule has 2 N–H and O–H groups in total. The number of hydrogen-bond acceptors (Lipinski definition) is 4. The van der Waals surface area contributed by atoms with E-state index in [9.17, 15) is 9.59 Å². The molecule has 0 aromatic heterocycles. The van der Waals surface area contributed by atoms with Crippen molar-refractivity contribution >= 4 is 17.5 Å². The fourth-order valence-electron chi connectivity index (χ4n) is 2.28. The molecule has 28 heavy (non-hydrogen) atoms. The first-order valence-corrected chi connectivity index (χ1v) is 8.95. The van der Waals surface area contributed by atoms with Gasteiger partial charge in [0.25, 0.3) is 5.91 Å². The van der Waals surface area contributed by atoms with Crippen LogP contribution in [0.3, 0.4) is 0 Å². The first kappa shape index (κ1) is 20.8. The maximum Gasteiger partial charge on any atom is 0.252 e. The molecule has 6 nitrogen and oxygen atoms in total. The van der Waals surface area contributed by atoms with E-state index in [2.05, 4.69) is 22.5 Å². The SMILES string of the molecule is CC(=O)Nc1cccc(OCC#CCNC(=O)c2ccc(OC(C)C)cc2)c1. The van der Waals surface area contributed by atoms with Gasteiger partial charge in [0.2, 0.25) is 5.91 Å². The van der Waals surface area contributed by atoms with Crippen molar-refractivity contribution in [2.75, 3.05) is 18.5 Å². The monoisotopic (exact) mass is 380 g/mol. The number of rotatable bonds is 7. The highest BCUT2D eigenvalue weighted by atomic mass is 16.5. The zero-order valence-corrected chi connectivity index (χ0v) is 16.2. The first-order chi connectivity index (χ1) is 13.4. The van der Waals surface area contributed by atoms with Gasteiger partial charge in [-0.05, 0) is 50.2 Å². The van der Waals surface area contributed by atoms with Crippen LogP contribution in [0.15, 0.2) is 48.5 Å². The van der Waals surface area contributed by atoms with Crippen LogP contribution in [0.5, 0.6) is 11.5 Å². The molecular formula is C22H24N2O4.